The van der Waals surface area contributed by atoms with Crippen molar-refractivity contribution in [3.8, 4) is 5.75 Å². The smallest absolute Gasteiger partial charge is 0.342 e. The first-order valence-corrected chi connectivity index (χ1v) is 7.62. The maximum atomic E-state index is 12.2. The van der Waals surface area contributed by atoms with Crippen molar-refractivity contribution in [1.29, 1.82) is 0 Å². The van der Waals surface area contributed by atoms with Crippen LogP contribution < -0.4 is 0 Å². The van der Waals surface area contributed by atoms with Gasteiger partial charge in [0, 0.05) is 13.1 Å². The summed E-state index contributed by atoms with van der Waals surface area (Å²) in [5, 5.41) is 9.86. The fraction of sp³-hybridized carbons (Fsp3) is 0.529. The number of carbonyl (C=O) groups excluding carboxylic acids is 2. The topological polar surface area (TPSA) is 66.8 Å². The molecule has 5 nitrogen and oxygen atoms in total. The lowest BCUT2D eigenvalue weighted by atomic mass is 9.92. The number of ether oxygens (including phenoxy) is 1. The van der Waals surface area contributed by atoms with Crippen molar-refractivity contribution in [3.63, 3.8) is 0 Å². The monoisotopic (exact) mass is 305 g/mol. The number of phenolic OH excluding ortho intramolecular Hbond substituents is 1. The highest BCUT2D eigenvalue weighted by Crippen LogP contribution is 2.23. The number of nitrogens with zero attached hydrogens (tertiary/aromatic N) is 1. The molecule has 1 fully saturated rings. The zero-order valence-electron chi connectivity index (χ0n) is 13.3. The lowest BCUT2D eigenvalue weighted by molar-refractivity contribution is -0.137. The Hall–Kier alpha value is -2.04. The summed E-state index contributed by atoms with van der Waals surface area (Å²) >= 11 is 0. The van der Waals surface area contributed by atoms with Crippen LogP contribution in [-0.2, 0) is 9.53 Å². The zero-order valence-corrected chi connectivity index (χ0v) is 13.3. The summed E-state index contributed by atoms with van der Waals surface area (Å²) in [4.78, 5) is 25.9. The average molecular weight is 305 g/mol. The quantitative estimate of drug-likeness (QED) is 0.871. The maximum Gasteiger partial charge on any atom is 0.342 e. The number of para-hydroxylation sites is 1. The van der Waals surface area contributed by atoms with E-state index in [9.17, 15) is 14.7 Å². The zero-order chi connectivity index (χ0) is 16.3. The van der Waals surface area contributed by atoms with E-state index < -0.39 is 5.97 Å². The highest BCUT2D eigenvalue weighted by molar-refractivity contribution is 5.94. The first kappa shape index (κ1) is 16.3. The lowest BCUT2D eigenvalue weighted by Gasteiger charge is -2.34. The molecule has 1 saturated heterocycles. The Morgan fingerprint density at radius 3 is 2.55 bits per heavy atom. The van der Waals surface area contributed by atoms with Gasteiger partial charge >= 0.3 is 5.97 Å². The van der Waals surface area contributed by atoms with Crippen molar-refractivity contribution in [2.45, 2.75) is 27.2 Å². The second kappa shape index (κ2) is 6.81. The van der Waals surface area contributed by atoms with Gasteiger partial charge in [0.15, 0.2) is 6.61 Å². The molecule has 1 aromatic carbocycles. The second-order valence-corrected chi connectivity index (χ2v) is 6.29. The molecule has 22 heavy (non-hydrogen) atoms. The number of amides is 1. The molecule has 1 N–H and O–H groups in total. The van der Waals surface area contributed by atoms with Gasteiger partial charge in [0.1, 0.15) is 11.3 Å². The van der Waals surface area contributed by atoms with Crippen molar-refractivity contribution in [3.05, 3.63) is 29.3 Å². The van der Waals surface area contributed by atoms with Crippen LogP contribution in [0.1, 0.15) is 36.2 Å². The second-order valence-electron chi connectivity index (χ2n) is 6.29. The Kier molecular flexibility index (Phi) is 5.06. The number of hydrogen-bond donors (Lipinski definition) is 1. The Bertz CT molecular complexity index is 560. The number of rotatable bonds is 3. The summed E-state index contributed by atoms with van der Waals surface area (Å²) in [7, 11) is 0. The van der Waals surface area contributed by atoms with Crippen molar-refractivity contribution in [1.82, 2.24) is 4.90 Å². The van der Waals surface area contributed by atoms with E-state index in [1.165, 1.54) is 6.07 Å². The maximum absolute atomic E-state index is 12.2. The minimum Gasteiger partial charge on any atom is -0.507 e. The SMILES string of the molecule is Cc1cccc(C(=O)OCC(=O)N2CC(C)CC(C)C2)c1O. The van der Waals surface area contributed by atoms with Crippen LogP contribution in [0.4, 0.5) is 0 Å². The van der Waals surface area contributed by atoms with Crippen LogP contribution in [0.25, 0.3) is 0 Å². The van der Waals surface area contributed by atoms with Gasteiger partial charge in [-0.3, -0.25) is 4.79 Å². The van der Waals surface area contributed by atoms with E-state index in [1.807, 2.05) is 0 Å². The van der Waals surface area contributed by atoms with Crippen LogP contribution in [-0.4, -0.2) is 41.6 Å². The highest BCUT2D eigenvalue weighted by atomic mass is 16.5. The van der Waals surface area contributed by atoms with E-state index in [1.54, 1.807) is 24.0 Å². The molecular formula is C17H23NO4. The number of aryl methyl sites for hydroxylation is 1. The Morgan fingerprint density at radius 2 is 1.91 bits per heavy atom. The molecule has 2 unspecified atom stereocenters. The molecule has 5 heteroatoms. The van der Waals surface area contributed by atoms with Gasteiger partial charge in [0.05, 0.1) is 0 Å². The Labute approximate surface area is 130 Å². The molecule has 0 aromatic heterocycles. The molecule has 1 aliphatic heterocycles. The summed E-state index contributed by atoms with van der Waals surface area (Å²) in [6, 6.07) is 4.86. The van der Waals surface area contributed by atoms with Gasteiger partial charge in [-0.1, -0.05) is 26.0 Å². The molecule has 0 spiro atoms. The van der Waals surface area contributed by atoms with Gasteiger partial charge in [-0.2, -0.15) is 0 Å². The van der Waals surface area contributed by atoms with Crippen LogP contribution in [0, 0.1) is 18.8 Å². The molecule has 0 radical (unpaired) electrons. The molecule has 0 saturated carbocycles. The van der Waals surface area contributed by atoms with E-state index in [4.69, 9.17) is 4.74 Å². The summed E-state index contributed by atoms with van der Waals surface area (Å²) < 4.78 is 5.06. The van der Waals surface area contributed by atoms with Crippen LogP contribution >= 0.6 is 0 Å². The van der Waals surface area contributed by atoms with Gasteiger partial charge in [0.25, 0.3) is 5.91 Å². The molecule has 0 aliphatic carbocycles. The number of aromatic hydroxyl groups is 1. The molecule has 120 valence electrons. The van der Waals surface area contributed by atoms with E-state index >= 15 is 0 Å². The van der Waals surface area contributed by atoms with E-state index in [0.717, 1.165) is 6.42 Å². The van der Waals surface area contributed by atoms with Crippen LogP contribution in [0.2, 0.25) is 0 Å². The van der Waals surface area contributed by atoms with Gasteiger partial charge in [-0.05, 0) is 36.8 Å². The number of hydrogen-bond acceptors (Lipinski definition) is 4. The summed E-state index contributed by atoms with van der Waals surface area (Å²) in [5.41, 5.74) is 0.688. The van der Waals surface area contributed by atoms with Crippen molar-refractivity contribution in [2.75, 3.05) is 19.7 Å². The van der Waals surface area contributed by atoms with Gasteiger partial charge in [-0.15, -0.1) is 0 Å². The predicted molar refractivity (Wildman–Crippen MR) is 82.7 cm³/mol. The number of benzene rings is 1. The minimum absolute atomic E-state index is 0.0909. The Morgan fingerprint density at radius 1 is 1.27 bits per heavy atom. The molecule has 1 amide bonds. The number of likely N-dealkylation sites (tertiary alicyclic amines) is 1. The first-order valence-electron chi connectivity index (χ1n) is 7.62. The van der Waals surface area contributed by atoms with Crippen LogP contribution in [0.5, 0.6) is 5.75 Å². The van der Waals surface area contributed by atoms with Crippen LogP contribution in [0.3, 0.4) is 0 Å². The fourth-order valence-corrected chi connectivity index (χ4v) is 2.99. The van der Waals surface area contributed by atoms with Gasteiger partial charge < -0.3 is 14.7 Å². The van der Waals surface area contributed by atoms with Crippen molar-refractivity contribution in [2.24, 2.45) is 11.8 Å². The van der Waals surface area contributed by atoms with Crippen molar-refractivity contribution < 1.29 is 19.4 Å². The number of phenols is 1. The average Bonchev–Trinajstić information content (AvgIpc) is 2.46. The molecular weight excluding hydrogens is 282 g/mol. The molecule has 2 atom stereocenters. The Balaban J connectivity index is 1.93. The summed E-state index contributed by atoms with van der Waals surface area (Å²) in [6.07, 6.45) is 1.11. The van der Waals surface area contributed by atoms with E-state index in [2.05, 4.69) is 13.8 Å². The summed E-state index contributed by atoms with van der Waals surface area (Å²) in [6.45, 7) is 7.06. The number of piperidine rings is 1. The minimum atomic E-state index is -0.673. The first-order chi connectivity index (χ1) is 10.4. The van der Waals surface area contributed by atoms with Crippen LogP contribution in [0.15, 0.2) is 18.2 Å². The third-order valence-electron chi connectivity index (χ3n) is 4.01. The number of carbonyl (C=O) groups is 2. The van der Waals surface area contributed by atoms with E-state index in [0.29, 0.717) is 30.5 Å². The molecule has 2 rings (SSSR count). The standard InChI is InChI=1S/C17H23NO4/c1-11-7-12(2)9-18(8-11)15(19)10-22-17(21)14-6-4-5-13(3)16(14)20/h4-6,11-12,20H,7-10H2,1-3H3. The van der Waals surface area contributed by atoms with Gasteiger partial charge in [0.2, 0.25) is 0 Å². The van der Waals surface area contributed by atoms with Crippen molar-refractivity contribution >= 4 is 11.9 Å². The van der Waals surface area contributed by atoms with Gasteiger partial charge in [-0.25, -0.2) is 4.79 Å². The third-order valence-corrected chi connectivity index (χ3v) is 4.01. The molecule has 1 aliphatic rings. The largest absolute Gasteiger partial charge is 0.507 e. The molecule has 1 aromatic rings. The highest BCUT2D eigenvalue weighted by Gasteiger charge is 2.26. The molecule has 1 heterocycles. The fourth-order valence-electron chi connectivity index (χ4n) is 2.99. The number of esters is 1. The summed E-state index contributed by atoms with van der Waals surface area (Å²) in [5.74, 6) is -0.0276. The normalized spacial score (nSPS) is 21.5. The van der Waals surface area contributed by atoms with E-state index in [-0.39, 0.29) is 23.8 Å². The molecule has 0 bridgehead atoms. The third kappa shape index (κ3) is 3.78. The lowest BCUT2D eigenvalue weighted by Crippen LogP contribution is -2.44. The predicted octanol–water partition coefficient (Wildman–Crippen LogP) is 2.36.